The third-order valence-electron chi connectivity index (χ3n) is 5.58. The number of rotatable bonds is 6. The molecule has 142 valence electrons. The van der Waals surface area contributed by atoms with Crippen LogP contribution in [0.25, 0.3) is 11.2 Å². The molecule has 1 N–H and O–H groups in total. The van der Waals surface area contributed by atoms with Crippen LogP contribution in [0, 0.1) is 0 Å². The first kappa shape index (κ1) is 17.6. The Bertz CT molecular complexity index is 700. The zero-order valence-electron chi connectivity index (χ0n) is 15.8. The van der Waals surface area contributed by atoms with Crippen molar-refractivity contribution in [3.05, 3.63) is 12.7 Å². The number of aryl methyl sites for hydroxylation is 1. The molecule has 2 saturated heterocycles. The predicted octanol–water partition coefficient (Wildman–Crippen LogP) is 0.264. The van der Waals surface area contributed by atoms with Crippen LogP contribution in [-0.2, 0) is 6.54 Å². The molecule has 0 atom stereocenters. The summed E-state index contributed by atoms with van der Waals surface area (Å²) < 4.78 is 2.19. The van der Waals surface area contributed by atoms with E-state index in [2.05, 4.69) is 46.5 Å². The van der Waals surface area contributed by atoms with Crippen LogP contribution in [0.3, 0.4) is 0 Å². The van der Waals surface area contributed by atoms with Crippen LogP contribution in [0.4, 0.5) is 5.82 Å². The lowest BCUT2D eigenvalue weighted by atomic mass is 10.3. The molecule has 8 heteroatoms. The van der Waals surface area contributed by atoms with Crippen molar-refractivity contribution >= 4 is 17.0 Å². The van der Waals surface area contributed by atoms with Crippen LogP contribution >= 0.6 is 0 Å². The molecular weight excluding hydrogens is 328 g/mol. The van der Waals surface area contributed by atoms with Crippen LogP contribution in [-0.4, -0.2) is 94.8 Å². The van der Waals surface area contributed by atoms with E-state index in [4.69, 9.17) is 0 Å². The van der Waals surface area contributed by atoms with Crippen LogP contribution in [0.15, 0.2) is 12.7 Å². The van der Waals surface area contributed by atoms with Gasteiger partial charge in [-0.05, 0) is 19.5 Å². The lowest BCUT2D eigenvalue weighted by molar-refractivity contribution is 0.135. The van der Waals surface area contributed by atoms with Gasteiger partial charge in [0, 0.05) is 58.9 Å². The van der Waals surface area contributed by atoms with Gasteiger partial charge in [-0.1, -0.05) is 6.92 Å². The Labute approximate surface area is 155 Å². The Balaban J connectivity index is 1.37. The fraction of sp³-hybridized carbons (Fsp3) is 0.722. The Morgan fingerprint density at radius 3 is 2.46 bits per heavy atom. The van der Waals surface area contributed by atoms with E-state index in [1.165, 1.54) is 32.7 Å². The minimum Gasteiger partial charge on any atom is -0.352 e. The van der Waals surface area contributed by atoms with Crippen LogP contribution in [0.1, 0.15) is 13.3 Å². The Morgan fingerprint density at radius 1 is 0.923 bits per heavy atom. The standard InChI is InChI=1S/C18H30N8/c1-2-23-10-12-24(13-11-23)6-3-7-26-15-22-16-17(20-14-21-18(16)26)25-8-4-19-5-9-25/h14-15,19H,2-13H2,1H3. The second-order valence-corrected chi connectivity index (χ2v) is 7.17. The number of aromatic nitrogens is 4. The van der Waals surface area contributed by atoms with Gasteiger partial charge in [-0.25, -0.2) is 15.0 Å². The zero-order valence-corrected chi connectivity index (χ0v) is 15.8. The average molecular weight is 358 g/mol. The molecule has 26 heavy (non-hydrogen) atoms. The Kier molecular flexibility index (Phi) is 5.62. The summed E-state index contributed by atoms with van der Waals surface area (Å²) in [6, 6.07) is 0. The van der Waals surface area contributed by atoms with Crippen molar-refractivity contribution in [3.63, 3.8) is 0 Å². The fourth-order valence-corrected chi connectivity index (χ4v) is 3.93. The molecule has 2 fully saturated rings. The Morgan fingerprint density at radius 2 is 1.69 bits per heavy atom. The minimum atomic E-state index is 0.936. The number of fused-ring (bicyclic) bond motifs is 1. The third kappa shape index (κ3) is 3.82. The third-order valence-corrected chi connectivity index (χ3v) is 5.58. The van der Waals surface area contributed by atoms with E-state index >= 15 is 0 Å². The van der Waals surface area contributed by atoms with Gasteiger partial charge in [0.2, 0.25) is 0 Å². The minimum absolute atomic E-state index is 0.936. The van der Waals surface area contributed by atoms with Crippen molar-refractivity contribution in [3.8, 4) is 0 Å². The van der Waals surface area contributed by atoms with Crippen LogP contribution < -0.4 is 10.2 Å². The van der Waals surface area contributed by atoms with Gasteiger partial charge < -0.3 is 24.6 Å². The van der Waals surface area contributed by atoms with Crippen molar-refractivity contribution in [1.29, 1.82) is 0 Å². The first-order valence-electron chi connectivity index (χ1n) is 9.91. The van der Waals surface area contributed by atoms with Gasteiger partial charge in [-0.3, -0.25) is 0 Å². The molecule has 0 bridgehead atoms. The second kappa shape index (κ2) is 8.28. The molecule has 0 aliphatic carbocycles. The molecule has 2 aliphatic heterocycles. The van der Waals surface area contributed by atoms with Gasteiger partial charge in [-0.15, -0.1) is 0 Å². The highest BCUT2D eigenvalue weighted by atomic mass is 15.3. The highest BCUT2D eigenvalue weighted by Crippen LogP contribution is 2.21. The molecule has 0 unspecified atom stereocenters. The predicted molar refractivity (Wildman–Crippen MR) is 104 cm³/mol. The highest BCUT2D eigenvalue weighted by Gasteiger charge is 2.18. The summed E-state index contributed by atoms with van der Waals surface area (Å²) >= 11 is 0. The van der Waals surface area contributed by atoms with Gasteiger partial charge >= 0.3 is 0 Å². The molecule has 2 aromatic heterocycles. The molecule has 4 rings (SSSR count). The van der Waals surface area contributed by atoms with E-state index in [-0.39, 0.29) is 0 Å². The molecule has 2 aromatic rings. The topological polar surface area (TPSA) is 65.3 Å². The van der Waals surface area contributed by atoms with E-state index in [0.717, 1.165) is 62.7 Å². The molecule has 0 radical (unpaired) electrons. The first-order chi connectivity index (χ1) is 12.8. The molecule has 0 spiro atoms. The maximum atomic E-state index is 4.64. The van der Waals surface area contributed by atoms with Gasteiger partial charge in [0.15, 0.2) is 17.0 Å². The van der Waals surface area contributed by atoms with Crippen molar-refractivity contribution in [2.45, 2.75) is 19.9 Å². The molecule has 0 aromatic carbocycles. The molecule has 8 nitrogen and oxygen atoms in total. The average Bonchev–Trinajstić information content (AvgIpc) is 3.12. The molecule has 2 aliphatic rings. The van der Waals surface area contributed by atoms with Crippen molar-refractivity contribution < 1.29 is 0 Å². The molecule has 0 saturated carbocycles. The molecule has 4 heterocycles. The lowest BCUT2D eigenvalue weighted by Crippen LogP contribution is -2.46. The number of nitrogens with zero attached hydrogens (tertiary/aromatic N) is 7. The van der Waals surface area contributed by atoms with Gasteiger partial charge in [-0.2, -0.15) is 0 Å². The number of nitrogens with one attached hydrogen (secondary N) is 1. The van der Waals surface area contributed by atoms with E-state index in [1.54, 1.807) is 6.33 Å². The van der Waals surface area contributed by atoms with Gasteiger partial charge in [0.05, 0.1) is 6.33 Å². The quantitative estimate of drug-likeness (QED) is 0.795. The maximum absolute atomic E-state index is 4.64. The smallest absolute Gasteiger partial charge is 0.165 e. The van der Waals surface area contributed by atoms with Crippen molar-refractivity contribution in [2.24, 2.45) is 0 Å². The maximum Gasteiger partial charge on any atom is 0.165 e. The summed E-state index contributed by atoms with van der Waals surface area (Å²) in [6.07, 6.45) is 4.74. The van der Waals surface area contributed by atoms with E-state index in [9.17, 15) is 0 Å². The summed E-state index contributed by atoms with van der Waals surface area (Å²) in [5.74, 6) is 0.978. The first-order valence-corrected chi connectivity index (χ1v) is 9.91. The largest absolute Gasteiger partial charge is 0.352 e. The highest BCUT2D eigenvalue weighted by molar-refractivity contribution is 5.83. The van der Waals surface area contributed by atoms with E-state index in [1.807, 2.05) is 6.33 Å². The molecular formula is C18H30N8. The number of anilines is 1. The van der Waals surface area contributed by atoms with Gasteiger partial charge in [0.25, 0.3) is 0 Å². The number of hydrogen-bond donors (Lipinski definition) is 1. The summed E-state index contributed by atoms with van der Waals surface area (Å²) in [5.41, 5.74) is 1.90. The Hall–Kier alpha value is -1.77. The lowest BCUT2D eigenvalue weighted by Gasteiger charge is -2.34. The summed E-state index contributed by atoms with van der Waals surface area (Å²) in [5, 5.41) is 3.38. The normalized spacial score (nSPS) is 20.1. The van der Waals surface area contributed by atoms with Gasteiger partial charge in [0.1, 0.15) is 6.33 Å². The van der Waals surface area contributed by atoms with E-state index in [0.29, 0.717) is 0 Å². The SMILES string of the molecule is CCN1CCN(CCCn2cnc3c(N4CCNCC4)ncnc32)CC1. The second-order valence-electron chi connectivity index (χ2n) is 7.17. The van der Waals surface area contributed by atoms with Crippen molar-refractivity contribution in [2.75, 3.05) is 70.3 Å². The van der Waals surface area contributed by atoms with Crippen LogP contribution in [0.2, 0.25) is 0 Å². The summed E-state index contributed by atoms with van der Waals surface area (Å²) in [7, 11) is 0. The van der Waals surface area contributed by atoms with Crippen LogP contribution in [0.5, 0.6) is 0 Å². The summed E-state index contributed by atoms with van der Waals surface area (Å²) in [4.78, 5) is 21.1. The zero-order chi connectivity index (χ0) is 17.8. The van der Waals surface area contributed by atoms with Crippen molar-refractivity contribution in [1.82, 2.24) is 34.6 Å². The monoisotopic (exact) mass is 358 g/mol. The van der Waals surface area contributed by atoms with E-state index < -0.39 is 0 Å². The number of hydrogen-bond acceptors (Lipinski definition) is 7. The fourth-order valence-electron chi connectivity index (χ4n) is 3.93. The molecule has 0 amide bonds. The number of likely N-dealkylation sites (N-methyl/N-ethyl adjacent to an activating group) is 1. The number of piperazine rings is 2. The summed E-state index contributed by atoms with van der Waals surface area (Å²) in [6.45, 7) is 14.2. The number of imidazole rings is 1.